The highest BCUT2D eigenvalue weighted by molar-refractivity contribution is 5.26. The first-order valence-corrected chi connectivity index (χ1v) is 4.74. The summed E-state index contributed by atoms with van der Waals surface area (Å²) in [6, 6.07) is 6.48. The molecule has 0 radical (unpaired) electrons. The van der Waals surface area contributed by atoms with Crippen LogP contribution in [0, 0.1) is 5.82 Å². The summed E-state index contributed by atoms with van der Waals surface area (Å²) in [6.45, 7) is 3.59. The summed E-state index contributed by atoms with van der Waals surface area (Å²) in [6.07, 6.45) is 2.98. The van der Waals surface area contributed by atoms with E-state index in [4.69, 9.17) is 0 Å². The molecule has 1 aliphatic rings. The molecule has 1 aromatic carbocycles. The van der Waals surface area contributed by atoms with E-state index in [0.717, 1.165) is 5.56 Å². The summed E-state index contributed by atoms with van der Waals surface area (Å²) in [5, 5.41) is 9.71. The SMILES string of the molecule is C=C[C@]1(O)C[C@H](c2ccc(F)cc2)C1. The molecule has 74 valence electrons. The zero-order chi connectivity index (χ0) is 10.2. The van der Waals surface area contributed by atoms with E-state index in [9.17, 15) is 9.50 Å². The summed E-state index contributed by atoms with van der Waals surface area (Å²) < 4.78 is 12.6. The molecular weight excluding hydrogens is 179 g/mol. The van der Waals surface area contributed by atoms with Gasteiger partial charge < -0.3 is 5.11 Å². The summed E-state index contributed by atoms with van der Waals surface area (Å²) in [5.41, 5.74) is 0.400. The minimum absolute atomic E-state index is 0.216. The number of hydrogen-bond acceptors (Lipinski definition) is 1. The largest absolute Gasteiger partial charge is 0.386 e. The zero-order valence-corrected chi connectivity index (χ0v) is 7.91. The van der Waals surface area contributed by atoms with Gasteiger partial charge in [0.25, 0.3) is 0 Å². The van der Waals surface area contributed by atoms with Crippen molar-refractivity contribution in [1.29, 1.82) is 0 Å². The van der Waals surface area contributed by atoms with Gasteiger partial charge in [0.1, 0.15) is 5.82 Å². The Morgan fingerprint density at radius 2 is 1.93 bits per heavy atom. The van der Waals surface area contributed by atoms with Crippen molar-refractivity contribution in [2.45, 2.75) is 24.4 Å². The zero-order valence-electron chi connectivity index (χ0n) is 7.91. The Hall–Kier alpha value is -1.15. The molecule has 2 heteroatoms. The van der Waals surface area contributed by atoms with Crippen LogP contribution in [0.25, 0.3) is 0 Å². The lowest BCUT2D eigenvalue weighted by Gasteiger charge is -2.41. The molecule has 0 aliphatic heterocycles. The summed E-state index contributed by atoms with van der Waals surface area (Å²) in [5.74, 6) is 0.130. The molecule has 0 bridgehead atoms. The quantitative estimate of drug-likeness (QED) is 0.714. The second kappa shape index (κ2) is 3.21. The van der Waals surface area contributed by atoms with Gasteiger partial charge in [-0.2, -0.15) is 0 Å². The molecule has 0 heterocycles. The normalized spacial score (nSPS) is 30.9. The molecule has 0 aromatic heterocycles. The first-order chi connectivity index (χ1) is 6.63. The fourth-order valence-corrected chi connectivity index (χ4v) is 1.93. The van der Waals surface area contributed by atoms with Crippen LogP contribution in [0.3, 0.4) is 0 Å². The summed E-state index contributed by atoms with van der Waals surface area (Å²) in [4.78, 5) is 0. The van der Waals surface area contributed by atoms with Crippen molar-refractivity contribution in [2.75, 3.05) is 0 Å². The lowest BCUT2D eigenvalue weighted by molar-refractivity contribution is -0.00313. The van der Waals surface area contributed by atoms with Crippen molar-refractivity contribution < 1.29 is 9.50 Å². The fraction of sp³-hybridized carbons (Fsp3) is 0.333. The smallest absolute Gasteiger partial charge is 0.123 e. The monoisotopic (exact) mass is 192 g/mol. The molecule has 1 aromatic rings. The molecule has 1 saturated carbocycles. The number of hydrogen-bond donors (Lipinski definition) is 1. The Bertz CT molecular complexity index is 336. The highest BCUT2D eigenvalue weighted by Gasteiger charge is 2.40. The molecule has 0 amide bonds. The fourth-order valence-electron chi connectivity index (χ4n) is 1.93. The van der Waals surface area contributed by atoms with Gasteiger partial charge in [-0.05, 0) is 36.5 Å². The molecule has 1 nitrogen and oxygen atoms in total. The van der Waals surface area contributed by atoms with E-state index < -0.39 is 5.60 Å². The van der Waals surface area contributed by atoms with Crippen LogP contribution in [0.1, 0.15) is 24.3 Å². The summed E-state index contributed by atoms with van der Waals surface area (Å²) in [7, 11) is 0. The van der Waals surface area contributed by atoms with E-state index in [1.165, 1.54) is 12.1 Å². The molecular formula is C12H13FO. The van der Waals surface area contributed by atoms with Gasteiger partial charge in [0.05, 0.1) is 5.60 Å². The Morgan fingerprint density at radius 1 is 1.36 bits per heavy atom. The van der Waals surface area contributed by atoms with Crippen molar-refractivity contribution in [1.82, 2.24) is 0 Å². The van der Waals surface area contributed by atoms with Crippen molar-refractivity contribution in [3.05, 3.63) is 48.3 Å². The van der Waals surface area contributed by atoms with Gasteiger partial charge in [-0.15, -0.1) is 6.58 Å². The minimum atomic E-state index is -0.695. The highest BCUT2D eigenvalue weighted by Crippen LogP contribution is 2.45. The van der Waals surface area contributed by atoms with Gasteiger partial charge >= 0.3 is 0 Å². The Kier molecular flexibility index (Phi) is 2.16. The van der Waals surface area contributed by atoms with Gasteiger partial charge in [0.2, 0.25) is 0 Å². The maximum Gasteiger partial charge on any atom is 0.123 e. The first kappa shape index (κ1) is 9.41. The predicted molar refractivity (Wildman–Crippen MR) is 53.5 cm³/mol. The first-order valence-electron chi connectivity index (χ1n) is 4.74. The highest BCUT2D eigenvalue weighted by atomic mass is 19.1. The number of halogens is 1. The molecule has 1 fully saturated rings. The predicted octanol–water partition coefficient (Wildman–Crippen LogP) is 2.62. The van der Waals surface area contributed by atoms with Crippen molar-refractivity contribution in [2.24, 2.45) is 0 Å². The lowest BCUT2D eigenvalue weighted by atomic mass is 9.68. The molecule has 0 saturated heterocycles. The Balaban J connectivity index is 2.06. The van der Waals surface area contributed by atoms with Gasteiger partial charge in [-0.25, -0.2) is 4.39 Å². The van der Waals surface area contributed by atoms with Crippen LogP contribution < -0.4 is 0 Å². The van der Waals surface area contributed by atoms with Crippen molar-refractivity contribution in [3.63, 3.8) is 0 Å². The van der Waals surface area contributed by atoms with E-state index in [1.54, 1.807) is 18.2 Å². The van der Waals surface area contributed by atoms with Crippen LogP contribution in [-0.2, 0) is 0 Å². The van der Waals surface area contributed by atoms with Gasteiger partial charge in [0.15, 0.2) is 0 Å². The second-order valence-corrected chi connectivity index (χ2v) is 3.96. The van der Waals surface area contributed by atoms with Gasteiger partial charge in [0, 0.05) is 0 Å². The molecule has 2 rings (SSSR count). The van der Waals surface area contributed by atoms with E-state index in [-0.39, 0.29) is 5.82 Å². The van der Waals surface area contributed by atoms with Crippen molar-refractivity contribution >= 4 is 0 Å². The molecule has 0 atom stereocenters. The third-order valence-corrected chi connectivity index (χ3v) is 2.92. The number of rotatable bonds is 2. The van der Waals surface area contributed by atoms with E-state index in [1.807, 2.05) is 0 Å². The van der Waals surface area contributed by atoms with E-state index in [0.29, 0.717) is 18.8 Å². The van der Waals surface area contributed by atoms with Crippen LogP contribution in [-0.4, -0.2) is 10.7 Å². The maximum atomic E-state index is 12.6. The molecule has 1 aliphatic carbocycles. The van der Waals surface area contributed by atoms with Crippen LogP contribution in [0.5, 0.6) is 0 Å². The molecule has 0 unspecified atom stereocenters. The Labute approximate surface area is 82.9 Å². The van der Waals surface area contributed by atoms with Crippen molar-refractivity contribution in [3.8, 4) is 0 Å². The average molecular weight is 192 g/mol. The summed E-state index contributed by atoms with van der Waals surface area (Å²) >= 11 is 0. The van der Waals surface area contributed by atoms with E-state index >= 15 is 0 Å². The van der Waals surface area contributed by atoms with Crippen LogP contribution in [0.4, 0.5) is 4.39 Å². The topological polar surface area (TPSA) is 20.2 Å². The van der Waals surface area contributed by atoms with Gasteiger partial charge in [-0.3, -0.25) is 0 Å². The molecule has 14 heavy (non-hydrogen) atoms. The Morgan fingerprint density at radius 3 is 2.43 bits per heavy atom. The van der Waals surface area contributed by atoms with E-state index in [2.05, 4.69) is 6.58 Å². The molecule has 0 spiro atoms. The van der Waals surface area contributed by atoms with Crippen LogP contribution in [0.15, 0.2) is 36.9 Å². The standard InChI is InChI=1S/C12H13FO/c1-2-12(14)7-10(8-12)9-3-5-11(13)6-4-9/h2-6,10,14H,1,7-8H2/t10-,12-. The van der Waals surface area contributed by atoms with Crippen LogP contribution >= 0.6 is 0 Å². The minimum Gasteiger partial charge on any atom is -0.386 e. The number of aliphatic hydroxyl groups is 1. The maximum absolute atomic E-state index is 12.6. The number of benzene rings is 1. The second-order valence-electron chi connectivity index (χ2n) is 3.96. The lowest BCUT2D eigenvalue weighted by Crippen LogP contribution is -2.40. The molecule has 1 N–H and O–H groups in total. The average Bonchev–Trinajstić information content (AvgIpc) is 2.15. The van der Waals surface area contributed by atoms with Gasteiger partial charge in [-0.1, -0.05) is 18.2 Å². The third-order valence-electron chi connectivity index (χ3n) is 2.92. The third kappa shape index (κ3) is 1.58. The van der Waals surface area contributed by atoms with Crippen LogP contribution in [0.2, 0.25) is 0 Å².